The van der Waals surface area contributed by atoms with Crippen molar-refractivity contribution in [3.63, 3.8) is 0 Å². The smallest absolute Gasteiger partial charge is 0.261 e. The van der Waals surface area contributed by atoms with Crippen molar-refractivity contribution in [3.05, 3.63) is 53.6 Å². The van der Waals surface area contributed by atoms with E-state index < -0.39 is 0 Å². The number of carbonyl (C=O) groups excluding carboxylic acids is 1. The van der Waals surface area contributed by atoms with Crippen molar-refractivity contribution in [2.45, 2.75) is 54.2 Å². The molecule has 138 valence electrons. The minimum Gasteiger partial charge on any atom is -0.431 e. The predicted octanol–water partition coefficient (Wildman–Crippen LogP) is 4.80. The van der Waals surface area contributed by atoms with E-state index in [0.717, 1.165) is 35.3 Å². The third-order valence-corrected chi connectivity index (χ3v) is 7.15. The summed E-state index contributed by atoms with van der Waals surface area (Å²) in [5.41, 5.74) is 4.57. The normalized spacial score (nSPS) is 24.7. The Morgan fingerprint density at radius 1 is 1.22 bits per heavy atom. The molecule has 1 saturated heterocycles. The molecule has 1 aliphatic heterocycles. The molecule has 2 aromatic carbocycles. The summed E-state index contributed by atoms with van der Waals surface area (Å²) in [4.78, 5) is 19.8. The zero-order valence-corrected chi connectivity index (χ0v) is 16.4. The van der Waals surface area contributed by atoms with Gasteiger partial charge >= 0.3 is 0 Å². The molecule has 1 aliphatic carbocycles. The molecule has 5 rings (SSSR count). The molecule has 4 nitrogen and oxygen atoms in total. The minimum absolute atomic E-state index is 0.0526. The molecule has 1 amide bonds. The lowest BCUT2D eigenvalue weighted by Gasteiger charge is -2.50. The summed E-state index contributed by atoms with van der Waals surface area (Å²) in [6, 6.07) is 14.9. The second-order valence-corrected chi connectivity index (χ2v) is 8.87. The van der Waals surface area contributed by atoms with Gasteiger partial charge in [0.2, 0.25) is 5.91 Å². The molecular formula is C22H22N2O2S. The maximum Gasteiger partial charge on any atom is 0.261 e. The standard InChI is InChI=1S/C22H22N2O2S/c1-22-12-11-20(25)24(2)19(22)10-7-14-13-15(8-9-16(14)22)27-21-23-17-5-3-4-6-18(17)26-21/h3-6,8-9,13,19H,7,10-12H2,1-2H3/t19-,22-/m1/s1. The summed E-state index contributed by atoms with van der Waals surface area (Å²) in [6.07, 6.45) is 3.62. The van der Waals surface area contributed by atoms with Crippen LogP contribution in [0.1, 0.15) is 37.3 Å². The van der Waals surface area contributed by atoms with Crippen LogP contribution in [-0.2, 0) is 16.6 Å². The fourth-order valence-electron chi connectivity index (χ4n) is 4.82. The van der Waals surface area contributed by atoms with Crippen LogP contribution in [0.3, 0.4) is 0 Å². The van der Waals surface area contributed by atoms with Crippen molar-refractivity contribution in [2.24, 2.45) is 0 Å². The SMILES string of the molecule is CN1C(=O)CC[C@]2(C)c3ccc(Sc4nc5ccccc5o4)cc3CC[C@@H]12. The Balaban J connectivity index is 1.46. The molecule has 0 bridgehead atoms. The van der Waals surface area contributed by atoms with E-state index >= 15 is 0 Å². The lowest BCUT2D eigenvalue weighted by molar-refractivity contribution is -0.138. The van der Waals surface area contributed by atoms with Gasteiger partial charge in [0.25, 0.3) is 5.22 Å². The van der Waals surface area contributed by atoms with Crippen LogP contribution in [0.4, 0.5) is 0 Å². The number of rotatable bonds is 2. The number of likely N-dealkylation sites (tertiary alicyclic amines) is 1. The second-order valence-electron chi connectivity index (χ2n) is 7.85. The number of piperidine rings is 1. The zero-order valence-electron chi connectivity index (χ0n) is 15.6. The van der Waals surface area contributed by atoms with Crippen molar-refractivity contribution in [1.29, 1.82) is 0 Å². The number of nitrogens with zero attached hydrogens (tertiary/aromatic N) is 2. The van der Waals surface area contributed by atoms with E-state index in [1.807, 2.05) is 36.2 Å². The van der Waals surface area contributed by atoms with E-state index in [-0.39, 0.29) is 11.3 Å². The first-order valence-corrected chi connectivity index (χ1v) is 10.3. The summed E-state index contributed by atoms with van der Waals surface area (Å²) >= 11 is 1.57. The van der Waals surface area contributed by atoms with E-state index in [2.05, 4.69) is 30.1 Å². The van der Waals surface area contributed by atoms with Gasteiger partial charge < -0.3 is 9.32 Å². The molecule has 2 atom stereocenters. The van der Waals surface area contributed by atoms with Gasteiger partial charge in [-0.3, -0.25) is 4.79 Å². The highest BCUT2D eigenvalue weighted by Gasteiger charge is 2.46. The molecule has 2 aliphatic rings. The Morgan fingerprint density at radius 3 is 2.93 bits per heavy atom. The van der Waals surface area contributed by atoms with Crippen LogP contribution < -0.4 is 0 Å². The number of benzene rings is 2. The van der Waals surface area contributed by atoms with Crippen molar-refractivity contribution in [1.82, 2.24) is 9.88 Å². The third kappa shape index (κ3) is 2.67. The van der Waals surface area contributed by atoms with Crippen LogP contribution in [0, 0.1) is 0 Å². The number of likely N-dealkylation sites (N-methyl/N-ethyl adjacent to an activating group) is 1. The second kappa shape index (κ2) is 6.13. The largest absolute Gasteiger partial charge is 0.431 e. The fourth-order valence-corrected chi connectivity index (χ4v) is 5.64. The van der Waals surface area contributed by atoms with Crippen LogP contribution in [0.5, 0.6) is 0 Å². The van der Waals surface area contributed by atoms with Crippen LogP contribution in [0.25, 0.3) is 11.1 Å². The van der Waals surface area contributed by atoms with Crippen molar-refractivity contribution >= 4 is 28.8 Å². The predicted molar refractivity (Wildman–Crippen MR) is 106 cm³/mol. The van der Waals surface area contributed by atoms with Gasteiger partial charge in [-0.2, -0.15) is 0 Å². The number of para-hydroxylation sites is 2. The van der Waals surface area contributed by atoms with E-state index in [0.29, 0.717) is 17.7 Å². The van der Waals surface area contributed by atoms with Gasteiger partial charge in [-0.15, -0.1) is 0 Å². The van der Waals surface area contributed by atoms with Crippen LogP contribution in [-0.4, -0.2) is 28.9 Å². The number of hydrogen-bond acceptors (Lipinski definition) is 4. The van der Waals surface area contributed by atoms with Crippen molar-refractivity contribution in [3.8, 4) is 0 Å². The molecule has 0 N–H and O–H groups in total. The molecule has 0 saturated carbocycles. The van der Waals surface area contributed by atoms with Crippen LogP contribution in [0.15, 0.2) is 57.0 Å². The number of aromatic nitrogens is 1. The first kappa shape index (κ1) is 16.9. The van der Waals surface area contributed by atoms with Gasteiger partial charge in [-0.1, -0.05) is 25.1 Å². The number of aryl methyl sites for hydroxylation is 1. The van der Waals surface area contributed by atoms with Crippen LogP contribution in [0.2, 0.25) is 0 Å². The molecule has 0 unspecified atom stereocenters. The average Bonchev–Trinajstić information content (AvgIpc) is 3.07. The summed E-state index contributed by atoms with van der Waals surface area (Å²) in [7, 11) is 1.97. The molecule has 1 fully saturated rings. The summed E-state index contributed by atoms with van der Waals surface area (Å²) in [5, 5.41) is 0.680. The van der Waals surface area contributed by atoms with Crippen molar-refractivity contribution < 1.29 is 9.21 Å². The third-order valence-electron chi connectivity index (χ3n) is 6.31. The molecule has 2 heterocycles. The van der Waals surface area contributed by atoms with Gasteiger partial charge in [0.15, 0.2) is 5.58 Å². The highest BCUT2D eigenvalue weighted by Crippen LogP contribution is 2.46. The Labute approximate surface area is 163 Å². The Morgan fingerprint density at radius 2 is 2.07 bits per heavy atom. The summed E-state index contributed by atoms with van der Waals surface area (Å²) in [5.74, 6) is 0.282. The maximum atomic E-state index is 12.1. The van der Waals surface area contributed by atoms with Gasteiger partial charge in [0, 0.05) is 29.8 Å². The van der Waals surface area contributed by atoms with E-state index in [4.69, 9.17) is 4.42 Å². The Bertz CT molecular complexity index is 1010. The molecule has 0 radical (unpaired) electrons. The fraction of sp³-hybridized carbons (Fsp3) is 0.364. The molecule has 0 spiro atoms. The number of amides is 1. The van der Waals surface area contributed by atoms with Crippen molar-refractivity contribution in [2.75, 3.05) is 7.05 Å². The van der Waals surface area contributed by atoms with E-state index in [1.54, 1.807) is 11.8 Å². The summed E-state index contributed by atoms with van der Waals surface area (Å²) < 4.78 is 5.86. The lowest BCUT2D eigenvalue weighted by atomic mass is 9.63. The Hall–Kier alpha value is -2.27. The summed E-state index contributed by atoms with van der Waals surface area (Å²) in [6.45, 7) is 2.33. The molecule has 5 heteroatoms. The number of carbonyl (C=O) groups is 1. The van der Waals surface area contributed by atoms with Gasteiger partial charge in [0.05, 0.1) is 0 Å². The zero-order chi connectivity index (χ0) is 18.6. The number of hydrogen-bond donors (Lipinski definition) is 0. The quantitative estimate of drug-likeness (QED) is 0.642. The van der Waals surface area contributed by atoms with E-state index in [1.165, 1.54) is 11.1 Å². The minimum atomic E-state index is 0.0526. The van der Waals surface area contributed by atoms with Gasteiger partial charge in [0.1, 0.15) is 5.52 Å². The first-order chi connectivity index (χ1) is 13.0. The molecular weight excluding hydrogens is 356 g/mol. The maximum absolute atomic E-state index is 12.1. The molecule has 27 heavy (non-hydrogen) atoms. The molecule has 3 aromatic rings. The molecule has 1 aromatic heterocycles. The highest BCUT2D eigenvalue weighted by atomic mass is 32.2. The van der Waals surface area contributed by atoms with Gasteiger partial charge in [-0.25, -0.2) is 4.98 Å². The van der Waals surface area contributed by atoms with Gasteiger partial charge in [-0.05, 0) is 66.4 Å². The average molecular weight is 378 g/mol. The first-order valence-electron chi connectivity index (χ1n) is 9.47. The van der Waals surface area contributed by atoms with E-state index in [9.17, 15) is 4.79 Å². The highest BCUT2D eigenvalue weighted by molar-refractivity contribution is 7.99. The number of oxazole rings is 1. The number of fused-ring (bicyclic) bond motifs is 4. The van der Waals surface area contributed by atoms with Crippen LogP contribution >= 0.6 is 11.8 Å². The topological polar surface area (TPSA) is 46.3 Å². The Kier molecular flexibility index (Phi) is 3.83. The lowest BCUT2D eigenvalue weighted by Crippen LogP contribution is -2.56. The monoisotopic (exact) mass is 378 g/mol.